The number of hydrogen-bond acceptors (Lipinski definition) is 6. The quantitative estimate of drug-likeness (QED) is 0.0774. The second-order valence-electron chi connectivity index (χ2n) is 15.7. The summed E-state index contributed by atoms with van der Waals surface area (Å²) in [6.07, 6.45) is 20.6. The number of ether oxygens (including phenoxy) is 4. The van der Waals surface area contributed by atoms with Gasteiger partial charge in [-0.1, -0.05) is 140 Å². The van der Waals surface area contributed by atoms with Crippen molar-refractivity contribution in [2.24, 2.45) is 11.8 Å². The first-order valence-electron chi connectivity index (χ1n) is 21.1. The van der Waals surface area contributed by atoms with E-state index in [4.69, 9.17) is 18.9 Å². The standard InChI is InChI=1S/C51H66O6/c1-9-13-15-35(11-3)31-51(32-36(12-4)16-14-10-2)45-26-37(17-19-39-25-41(33-52)44(34-53)47(28-39)54-5)21-23-42(45)43-24-22-38(27-46(43)51)18-20-40-29-48(55-6)50(57-8)49(30-40)56-7/h17-30,35-36,52-53H,9-16,31-34H2,1-8H3. The highest BCUT2D eigenvalue weighted by molar-refractivity contribution is 5.85. The fourth-order valence-electron chi connectivity index (χ4n) is 9.04. The second-order valence-corrected chi connectivity index (χ2v) is 15.7. The normalized spacial score (nSPS) is 15.8. The molecule has 57 heavy (non-hydrogen) atoms. The lowest BCUT2D eigenvalue weighted by Gasteiger charge is -2.39. The Bertz CT molecular complexity index is 1800. The number of unbranched alkanes of at least 4 members (excludes halogenated alkanes) is 2. The van der Waals surface area contributed by atoms with Gasteiger partial charge in [-0.05, 0) is 99.0 Å². The first kappa shape index (κ1) is 43.6. The summed E-state index contributed by atoms with van der Waals surface area (Å²) >= 11 is 0. The molecule has 0 aromatic heterocycles. The third kappa shape index (κ3) is 9.79. The van der Waals surface area contributed by atoms with Crippen LogP contribution >= 0.6 is 0 Å². The number of aliphatic hydroxyl groups is 2. The Morgan fingerprint density at radius 3 is 1.40 bits per heavy atom. The molecule has 1 aliphatic carbocycles. The van der Waals surface area contributed by atoms with Gasteiger partial charge in [0.25, 0.3) is 0 Å². The van der Waals surface area contributed by atoms with Crippen LogP contribution in [0.1, 0.15) is 136 Å². The average Bonchev–Trinajstić information content (AvgIpc) is 3.51. The van der Waals surface area contributed by atoms with Gasteiger partial charge in [0.05, 0.1) is 41.7 Å². The highest BCUT2D eigenvalue weighted by atomic mass is 16.5. The maximum Gasteiger partial charge on any atom is 0.203 e. The Morgan fingerprint density at radius 2 is 1.00 bits per heavy atom. The van der Waals surface area contributed by atoms with Crippen molar-refractivity contribution in [3.63, 3.8) is 0 Å². The van der Waals surface area contributed by atoms with Gasteiger partial charge in [-0.25, -0.2) is 0 Å². The van der Waals surface area contributed by atoms with Crippen LogP contribution in [0.4, 0.5) is 0 Å². The number of hydrogen-bond donors (Lipinski definition) is 2. The first-order chi connectivity index (χ1) is 27.8. The molecule has 0 saturated carbocycles. The van der Waals surface area contributed by atoms with Crippen molar-refractivity contribution in [2.75, 3.05) is 28.4 Å². The monoisotopic (exact) mass is 774 g/mol. The highest BCUT2D eigenvalue weighted by Gasteiger charge is 2.45. The Kier molecular flexibility index (Phi) is 15.9. The number of benzene rings is 4. The Balaban J connectivity index is 1.67. The summed E-state index contributed by atoms with van der Waals surface area (Å²) < 4.78 is 22.5. The van der Waals surface area contributed by atoms with Gasteiger partial charge in [0.1, 0.15) is 5.75 Å². The zero-order valence-electron chi connectivity index (χ0n) is 35.8. The molecule has 0 heterocycles. The van der Waals surface area contributed by atoms with Crippen molar-refractivity contribution < 1.29 is 29.2 Å². The van der Waals surface area contributed by atoms with Gasteiger partial charge in [-0.15, -0.1) is 0 Å². The molecule has 0 aliphatic heterocycles. The van der Waals surface area contributed by atoms with E-state index in [1.165, 1.54) is 66.3 Å². The van der Waals surface area contributed by atoms with Crippen molar-refractivity contribution in [3.05, 3.63) is 105 Å². The number of aliphatic hydroxyl groups excluding tert-OH is 2. The minimum atomic E-state index is -0.187. The molecular formula is C51H66O6. The fraction of sp³-hybridized carbons (Fsp3) is 0.451. The van der Waals surface area contributed by atoms with Crippen LogP contribution in [0.3, 0.4) is 0 Å². The summed E-state index contributed by atoms with van der Waals surface area (Å²) in [5.74, 6) is 3.66. The summed E-state index contributed by atoms with van der Waals surface area (Å²) in [7, 11) is 6.53. The summed E-state index contributed by atoms with van der Waals surface area (Å²) in [6.45, 7) is 9.02. The van der Waals surface area contributed by atoms with E-state index in [-0.39, 0.29) is 18.6 Å². The number of fused-ring (bicyclic) bond motifs is 3. The van der Waals surface area contributed by atoms with Gasteiger partial charge in [-0.2, -0.15) is 0 Å². The van der Waals surface area contributed by atoms with Crippen LogP contribution in [0.15, 0.2) is 60.7 Å². The molecule has 6 nitrogen and oxygen atoms in total. The molecule has 0 amide bonds. The third-order valence-electron chi connectivity index (χ3n) is 12.3. The van der Waals surface area contributed by atoms with Gasteiger partial charge in [0, 0.05) is 11.0 Å². The maximum absolute atomic E-state index is 10.1. The van der Waals surface area contributed by atoms with Gasteiger partial charge in [-0.3, -0.25) is 0 Å². The van der Waals surface area contributed by atoms with E-state index in [0.717, 1.165) is 42.4 Å². The zero-order valence-corrected chi connectivity index (χ0v) is 35.8. The predicted molar refractivity (Wildman–Crippen MR) is 237 cm³/mol. The van der Waals surface area contributed by atoms with Crippen LogP contribution in [0, 0.1) is 11.8 Å². The van der Waals surface area contributed by atoms with Crippen molar-refractivity contribution in [1.82, 2.24) is 0 Å². The minimum absolute atomic E-state index is 0.135. The molecular weight excluding hydrogens is 709 g/mol. The molecule has 4 aromatic rings. The molecule has 0 bridgehead atoms. The molecule has 2 unspecified atom stereocenters. The van der Waals surface area contributed by atoms with Crippen molar-refractivity contribution in [2.45, 2.75) is 111 Å². The van der Waals surface area contributed by atoms with E-state index < -0.39 is 0 Å². The van der Waals surface area contributed by atoms with Crippen LogP contribution in [0.25, 0.3) is 35.4 Å². The van der Waals surface area contributed by atoms with Crippen LogP contribution < -0.4 is 18.9 Å². The molecule has 0 fully saturated rings. The molecule has 0 saturated heterocycles. The lowest BCUT2D eigenvalue weighted by molar-refractivity contribution is 0.254. The lowest BCUT2D eigenvalue weighted by Crippen LogP contribution is -2.31. The van der Waals surface area contributed by atoms with Crippen LogP contribution in [-0.4, -0.2) is 38.7 Å². The van der Waals surface area contributed by atoms with E-state index in [2.05, 4.69) is 88.4 Å². The summed E-state index contributed by atoms with van der Waals surface area (Å²) in [5, 5.41) is 20.0. The lowest BCUT2D eigenvalue weighted by atomic mass is 9.65. The smallest absolute Gasteiger partial charge is 0.203 e. The summed E-state index contributed by atoms with van der Waals surface area (Å²) in [4.78, 5) is 0. The molecule has 5 rings (SSSR count). The van der Waals surface area contributed by atoms with Gasteiger partial charge in [0.15, 0.2) is 11.5 Å². The summed E-state index contributed by atoms with van der Waals surface area (Å²) in [5.41, 5.74) is 11.0. The Hall–Kier alpha value is -4.52. The van der Waals surface area contributed by atoms with Crippen molar-refractivity contribution in [1.29, 1.82) is 0 Å². The predicted octanol–water partition coefficient (Wildman–Crippen LogP) is 12.5. The van der Waals surface area contributed by atoms with Crippen LogP contribution in [0.5, 0.6) is 23.0 Å². The molecule has 2 atom stereocenters. The molecule has 1 aliphatic rings. The van der Waals surface area contributed by atoms with E-state index in [1.54, 1.807) is 28.4 Å². The summed E-state index contributed by atoms with van der Waals surface area (Å²) in [6, 6.07) is 22.0. The van der Waals surface area contributed by atoms with Gasteiger partial charge >= 0.3 is 0 Å². The number of methoxy groups -OCH3 is 4. The largest absolute Gasteiger partial charge is 0.496 e. The maximum atomic E-state index is 10.1. The number of rotatable bonds is 22. The molecule has 6 heteroatoms. The Morgan fingerprint density at radius 1 is 0.544 bits per heavy atom. The van der Waals surface area contributed by atoms with Gasteiger partial charge in [0.2, 0.25) is 5.75 Å². The zero-order chi connectivity index (χ0) is 41.0. The minimum Gasteiger partial charge on any atom is -0.496 e. The average molecular weight is 775 g/mol. The van der Waals surface area contributed by atoms with Gasteiger partial charge < -0.3 is 29.2 Å². The SMILES string of the molecule is CCCCC(CC)CC1(CC(CC)CCCC)c2cc(C=Cc3cc(CO)c(CO)c(OC)c3)ccc2-c2ccc(C=Cc3cc(OC)c(OC)c(OC)c3)cc21. The molecule has 2 N–H and O–H groups in total. The Labute approximate surface area is 342 Å². The van der Waals surface area contributed by atoms with Crippen molar-refractivity contribution in [3.8, 4) is 34.1 Å². The topological polar surface area (TPSA) is 77.4 Å². The first-order valence-corrected chi connectivity index (χ1v) is 21.1. The van der Waals surface area contributed by atoms with E-state index in [1.807, 2.05) is 24.3 Å². The fourth-order valence-corrected chi connectivity index (χ4v) is 9.04. The van der Waals surface area contributed by atoms with Crippen molar-refractivity contribution >= 4 is 24.3 Å². The van der Waals surface area contributed by atoms with E-state index in [0.29, 0.717) is 46.0 Å². The second kappa shape index (κ2) is 20.8. The van der Waals surface area contributed by atoms with E-state index >= 15 is 0 Å². The van der Waals surface area contributed by atoms with Crippen LogP contribution in [0.2, 0.25) is 0 Å². The molecule has 306 valence electrons. The molecule has 0 radical (unpaired) electrons. The van der Waals surface area contributed by atoms with E-state index in [9.17, 15) is 10.2 Å². The molecule has 0 spiro atoms. The third-order valence-corrected chi connectivity index (χ3v) is 12.3. The molecule has 4 aromatic carbocycles. The highest BCUT2D eigenvalue weighted by Crippen LogP contribution is 2.57. The van der Waals surface area contributed by atoms with Crippen LogP contribution in [-0.2, 0) is 18.6 Å².